The number of nitrogens with zero attached hydrogens (tertiary/aromatic N) is 1. The Balaban J connectivity index is 2.01. The predicted molar refractivity (Wildman–Crippen MR) is 76.1 cm³/mol. The molecule has 0 atom stereocenters. The molecule has 21 heavy (non-hydrogen) atoms. The van der Waals surface area contributed by atoms with Crippen LogP contribution in [0.1, 0.15) is 0 Å². The average molecular weight is 292 g/mol. The standard InChI is InChI=1S/C15H14F2N2O2/c1-19(12-5-3-11(18)4-6-12)15(20)9-21-14-8-10(16)2-7-13(14)17/h2-8H,9,18H2,1H3. The molecule has 0 bridgehead atoms. The van der Waals surface area contributed by atoms with Crippen molar-refractivity contribution in [3.8, 4) is 5.75 Å². The highest BCUT2D eigenvalue weighted by atomic mass is 19.1. The van der Waals surface area contributed by atoms with Gasteiger partial charge in [0.2, 0.25) is 0 Å². The molecule has 0 spiro atoms. The summed E-state index contributed by atoms with van der Waals surface area (Å²) in [4.78, 5) is 13.3. The average Bonchev–Trinajstić information content (AvgIpc) is 2.48. The number of halogens is 2. The second-order valence-corrected chi connectivity index (χ2v) is 4.41. The van der Waals surface area contributed by atoms with Crippen LogP contribution in [0.4, 0.5) is 20.2 Å². The lowest BCUT2D eigenvalue weighted by atomic mass is 10.2. The Bertz CT molecular complexity index is 645. The first-order valence-corrected chi connectivity index (χ1v) is 6.17. The topological polar surface area (TPSA) is 55.6 Å². The molecule has 2 rings (SSSR count). The molecule has 0 radical (unpaired) electrons. The van der Waals surface area contributed by atoms with Gasteiger partial charge in [0, 0.05) is 24.5 Å². The van der Waals surface area contributed by atoms with Gasteiger partial charge in [-0.25, -0.2) is 8.78 Å². The monoisotopic (exact) mass is 292 g/mol. The molecular formula is C15H14F2N2O2. The molecule has 0 heterocycles. The van der Waals surface area contributed by atoms with E-state index in [0.29, 0.717) is 11.4 Å². The van der Waals surface area contributed by atoms with Crippen molar-refractivity contribution in [2.75, 3.05) is 24.3 Å². The number of rotatable bonds is 4. The highest BCUT2D eigenvalue weighted by Crippen LogP contribution is 2.19. The maximum Gasteiger partial charge on any atom is 0.264 e. The third kappa shape index (κ3) is 3.68. The fourth-order valence-electron chi connectivity index (χ4n) is 1.67. The van der Waals surface area contributed by atoms with Crippen LogP contribution in [0.2, 0.25) is 0 Å². The maximum absolute atomic E-state index is 13.4. The molecule has 110 valence electrons. The number of nitrogen functional groups attached to an aromatic ring is 1. The van der Waals surface area contributed by atoms with Gasteiger partial charge in [0.05, 0.1) is 0 Å². The molecule has 0 fully saturated rings. The zero-order valence-corrected chi connectivity index (χ0v) is 11.3. The normalized spacial score (nSPS) is 10.2. The summed E-state index contributed by atoms with van der Waals surface area (Å²) in [5.41, 5.74) is 6.77. The largest absolute Gasteiger partial charge is 0.481 e. The Hall–Kier alpha value is -2.63. The molecule has 2 aromatic rings. The van der Waals surface area contributed by atoms with E-state index < -0.39 is 24.1 Å². The van der Waals surface area contributed by atoms with Gasteiger partial charge in [-0.15, -0.1) is 0 Å². The van der Waals surface area contributed by atoms with Crippen molar-refractivity contribution in [2.24, 2.45) is 0 Å². The number of amides is 1. The zero-order chi connectivity index (χ0) is 15.4. The lowest BCUT2D eigenvalue weighted by Crippen LogP contribution is -2.31. The van der Waals surface area contributed by atoms with Gasteiger partial charge in [0.1, 0.15) is 5.82 Å². The van der Waals surface area contributed by atoms with Crippen LogP contribution in [0.15, 0.2) is 42.5 Å². The fourth-order valence-corrected chi connectivity index (χ4v) is 1.67. The number of hydrogen-bond donors (Lipinski definition) is 1. The van der Waals surface area contributed by atoms with Crippen molar-refractivity contribution >= 4 is 17.3 Å². The van der Waals surface area contributed by atoms with Gasteiger partial charge < -0.3 is 15.4 Å². The Labute approximate surface area is 120 Å². The Morgan fingerprint density at radius 1 is 1.19 bits per heavy atom. The number of hydrogen-bond acceptors (Lipinski definition) is 3. The van der Waals surface area contributed by atoms with Crippen molar-refractivity contribution in [2.45, 2.75) is 0 Å². The van der Waals surface area contributed by atoms with Gasteiger partial charge in [0.25, 0.3) is 5.91 Å². The molecule has 1 amide bonds. The molecule has 0 aromatic heterocycles. The van der Waals surface area contributed by atoms with Crippen molar-refractivity contribution in [1.82, 2.24) is 0 Å². The molecule has 2 N–H and O–H groups in total. The lowest BCUT2D eigenvalue weighted by Gasteiger charge is -2.18. The molecule has 0 aliphatic rings. The van der Waals surface area contributed by atoms with Gasteiger partial charge in [-0.2, -0.15) is 0 Å². The molecular weight excluding hydrogens is 278 g/mol. The summed E-state index contributed by atoms with van der Waals surface area (Å²) >= 11 is 0. The van der Waals surface area contributed by atoms with Crippen molar-refractivity contribution in [1.29, 1.82) is 0 Å². The summed E-state index contributed by atoms with van der Waals surface area (Å²) in [6.45, 7) is -0.402. The van der Waals surface area contributed by atoms with Crippen LogP contribution >= 0.6 is 0 Å². The molecule has 0 saturated carbocycles. The van der Waals surface area contributed by atoms with Crippen LogP contribution in [-0.4, -0.2) is 19.6 Å². The van der Waals surface area contributed by atoms with E-state index in [9.17, 15) is 13.6 Å². The lowest BCUT2D eigenvalue weighted by molar-refractivity contribution is -0.120. The number of carbonyl (C=O) groups excluding carboxylic acids is 1. The summed E-state index contributed by atoms with van der Waals surface area (Å²) in [6.07, 6.45) is 0. The first kappa shape index (κ1) is 14.8. The second kappa shape index (κ2) is 6.21. The minimum Gasteiger partial charge on any atom is -0.481 e. The van der Waals surface area contributed by atoms with Crippen molar-refractivity contribution < 1.29 is 18.3 Å². The van der Waals surface area contributed by atoms with E-state index >= 15 is 0 Å². The summed E-state index contributed by atoms with van der Waals surface area (Å²) in [5, 5.41) is 0. The highest BCUT2D eigenvalue weighted by molar-refractivity contribution is 5.94. The quantitative estimate of drug-likeness (QED) is 0.881. The van der Waals surface area contributed by atoms with Crippen LogP contribution in [0, 0.1) is 11.6 Å². The molecule has 4 nitrogen and oxygen atoms in total. The van der Waals surface area contributed by atoms with Crippen LogP contribution in [0.25, 0.3) is 0 Å². The van der Waals surface area contributed by atoms with Gasteiger partial charge >= 0.3 is 0 Å². The van der Waals surface area contributed by atoms with E-state index in [1.165, 1.54) is 4.90 Å². The van der Waals surface area contributed by atoms with Gasteiger partial charge in [0.15, 0.2) is 18.2 Å². The molecule has 0 unspecified atom stereocenters. The van der Waals surface area contributed by atoms with Crippen LogP contribution < -0.4 is 15.4 Å². The first-order valence-electron chi connectivity index (χ1n) is 6.17. The van der Waals surface area contributed by atoms with Crippen LogP contribution in [0.5, 0.6) is 5.75 Å². The number of anilines is 2. The summed E-state index contributed by atoms with van der Waals surface area (Å²) < 4.78 is 31.4. The van der Waals surface area contributed by atoms with Gasteiger partial charge in [-0.05, 0) is 36.4 Å². The molecule has 6 heteroatoms. The Kier molecular flexibility index (Phi) is 4.37. The summed E-state index contributed by atoms with van der Waals surface area (Å²) in [7, 11) is 1.55. The first-order chi connectivity index (χ1) is 9.97. The predicted octanol–water partition coefficient (Wildman–Crippen LogP) is 2.59. The third-order valence-corrected chi connectivity index (χ3v) is 2.90. The smallest absolute Gasteiger partial charge is 0.264 e. The minimum absolute atomic E-state index is 0.297. The van der Waals surface area contributed by atoms with Crippen molar-refractivity contribution in [3.63, 3.8) is 0 Å². The molecule has 0 saturated heterocycles. The SMILES string of the molecule is CN(C(=O)COc1cc(F)ccc1F)c1ccc(N)cc1. The van der Waals surface area contributed by atoms with E-state index in [4.69, 9.17) is 10.5 Å². The van der Waals surface area contributed by atoms with Crippen molar-refractivity contribution in [3.05, 3.63) is 54.1 Å². The van der Waals surface area contributed by atoms with E-state index in [1.807, 2.05) is 0 Å². The minimum atomic E-state index is -0.723. The maximum atomic E-state index is 13.4. The fraction of sp³-hybridized carbons (Fsp3) is 0.133. The van der Waals surface area contributed by atoms with E-state index in [0.717, 1.165) is 18.2 Å². The molecule has 0 aliphatic carbocycles. The van der Waals surface area contributed by atoms with Gasteiger partial charge in [-0.3, -0.25) is 4.79 Å². The van der Waals surface area contributed by atoms with E-state index in [-0.39, 0.29) is 5.75 Å². The number of ether oxygens (including phenoxy) is 1. The zero-order valence-electron chi connectivity index (χ0n) is 11.3. The number of carbonyl (C=O) groups is 1. The number of likely N-dealkylation sites (N-methyl/N-ethyl adjacent to an activating group) is 1. The van der Waals surface area contributed by atoms with Crippen LogP contribution in [-0.2, 0) is 4.79 Å². The summed E-state index contributed by atoms with van der Waals surface area (Å²) in [6, 6.07) is 9.49. The number of nitrogens with two attached hydrogens (primary N) is 1. The van der Waals surface area contributed by atoms with Crippen LogP contribution in [0.3, 0.4) is 0 Å². The third-order valence-electron chi connectivity index (χ3n) is 2.90. The van der Waals surface area contributed by atoms with E-state index in [2.05, 4.69) is 0 Å². The summed E-state index contributed by atoms with van der Waals surface area (Å²) in [5.74, 6) is -2.05. The highest BCUT2D eigenvalue weighted by Gasteiger charge is 2.13. The molecule has 2 aromatic carbocycles. The van der Waals surface area contributed by atoms with E-state index in [1.54, 1.807) is 31.3 Å². The molecule has 0 aliphatic heterocycles. The Morgan fingerprint density at radius 2 is 1.86 bits per heavy atom. The second-order valence-electron chi connectivity index (χ2n) is 4.41. The van der Waals surface area contributed by atoms with Gasteiger partial charge in [-0.1, -0.05) is 0 Å². The number of benzene rings is 2. The Morgan fingerprint density at radius 3 is 2.52 bits per heavy atom.